The fraction of sp³-hybridized carbons (Fsp3) is 0.200. The van der Waals surface area contributed by atoms with Gasteiger partial charge in [-0.05, 0) is 41.8 Å². The molecule has 1 aliphatic heterocycles. The van der Waals surface area contributed by atoms with Crippen LogP contribution >= 0.6 is 23.4 Å². The molecule has 0 unspecified atom stereocenters. The third kappa shape index (κ3) is 3.54. The summed E-state index contributed by atoms with van der Waals surface area (Å²) in [5, 5.41) is 1.38. The summed E-state index contributed by atoms with van der Waals surface area (Å²) in [4.78, 5) is 1.38. The molecule has 0 fully saturated rings. The molecular weight excluding hydrogens is 398 g/mol. The molecule has 29 heavy (non-hydrogen) atoms. The van der Waals surface area contributed by atoms with Crippen LogP contribution in [0.2, 0.25) is 0 Å². The van der Waals surface area contributed by atoms with Gasteiger partial charge < -0.3 is 9.30 Å². The Kier molecular flexibility index (Phi) is 5.26. The maximum absolute atomic E-state index is 5.72. The number of hydrogen-bond acceptors (Lipinski definition) is 2. The van der Waals surface area contributed by atoms with E-state index in [1.54, 1.807) is 0 Å². The first-order valence-electron chi connectivity index (χ1n) is 9.95. The van der Waals surface area contributed by atoms with Gasteiger partial charge in [-0.15, -0.1) is 23.4 Å². The summed E-state index contributed by atoms with van der Waals surface area (Å²) in [6.45, 7) is 1.37. The molecule has 2 nitrogen and oxygen atoms in total. The molecule has 146 valence electrons. The minimum atomic E-state index is 0.501. The second-order valence-corrected chi connectivity index (χ2v) is 8.72. The van der Waals surface area contributed by atoms with E-state index in [4.69, 9.17) is 16.3 Å². The van der Waals surface area contributed by atoms with Crippen molar-refractivity contribution in [3.05, 3.63) is 83.9 Å². The standard InChI is InChI=1S/C25H22ClNOS/c26-14-15-28-19-11-9-18(10-12-19)17-27-23-7-3-1-5-20(23)21-13-16-29-24-8-4-2-6-22(24)25(21)27/h1-12H,13-17H2. The molecule has 0 aliphatic carbocycles. The van der Waals surface area contributed by atoms with Gasteiger partial charge in [0.25, 0.3) is 0 Å². The first-order chi connectivity index (χ1) is 14.3. The number of alkyl halides is 1. The summed E-state index contributed by atoms with van der Waals surface area (Å²) in [5.74, 6) is 2.48. The zero-order valence-corrected chi connectivity index (χ0v) is 17.7. The predicted molar refractivity (Wildman–Crippen MR) is 124 cm³/mol. The normalized spacial score (nSPS) is 13.0. The quantitative estimate of drug-likeness (QED) is 0.337. The maximum Gasteiger partial charge on any atom is 0.119 e. The van der Waals surface area contributed by atoms with E-state index in [-0.39, 0.29) is 0 Å². The lowest BCUT2D eigenvalue weighted by molar-refractivity contribution is 0.342. The number of halogens is 1. The van der Waals surface area contributed by atoms with E-state index >= 15 is 0 Å². The first kappa shape index (κ1) is 18.7. The molecule has 0 atom stereocenters. The lowest BCUT2D eigenvalue weighted by atomic mass is 10.0. The van der Waals surface area contributed by atoms with E-state index in [2.05, 4.69) is 65.2 Å². The number of fused-ring (bicyclic) bond motifs is 5. The Morgan fingerprint density at radius 2 is 1.72 bits per heavy atom. The van der Waals surface area contributed by atoms with Crippen LogP contribution in [-0.2, 0) is 13.0 Å². The molecule has 0 saturated heterocycles. The third-order valence-electron chi connectivity index (χ3n) is 5.44. The van der Waals surface area contributed by atoms with Gasteiger partial charge in [0.15, 0.2) is 0 Å². The lowest BCUT2D eigenvalue weighted by Gasteiger charge is -2.14. The van der Waals surface area contributed by atoms with E-state index in [0.717, 1.165) is 24.5 Å². The van der Waals surface area contributed by atoms with Crippen LogP contribution in [0, 0.1) is 0 Å². The number of aryl methyl sites for hydroxylation is 1. The van der Waals surface area contributed by atoms with Gasteiger partial charge in [-0.1, -0.05) is 48.5 Å². The van der Waals surface area contributed by atoms with Crippen molar-refractivity contribution in [2.75, 3.05) is 18.2 Å². The van der Waals surface area contributed by atoms with Crippen LogP contribution in [0.15, 0.2) is 77.7 Å². The molecule has 3 aromatic carbocycles. The van der Waals surface area contributed by atoms with Crippen molar-refractivity contribution in [3.63, 3.8) is 0 Å². The second kappa shape index (κ2) is 8.17. The van der Waals surface area contributed by atoms with Gasteiger partial charge in [-0.25, -0.2) is 0 Å². The van der Waals surface area contributed by atoms with Gasteiger partial charge in [0.2, 0.25) is 0 Å². The fourth-order valence-corrected chi connectivity index (χ4v) is 5.28. The van der Waals surface area contributed by atoms with Crippen molar-refractivity contribution in [1.29, 1.82) is 0 Å². The van der Waals surface area contributed by atoms with Crippen molar-refractivity contribution in [1.82, 2.24) is 4.57 Å². The zero-order valence-electron chi connectivity index (χ0n) is 16.1. The number of ether oxygens (including phenoxy) is 1. The van der Waals surface area contributed by atoms with Crippen LogP contribution in [0.4, 0.5) is 0 Å². The summed E-state index contributed by atoms with van der Waals surface area (Å²) in [6, 6.07) is 26.0. The SMILES string of the molecule is ClCCOc1ccc(Cn2c3c(c4ccccc42)CCSc2ccccc2-3)cc1. The number of benzene rings is 3. The summed E-state index contributed by atoms with van der Waals surface area (Å²) in [5.41, 5.74) is 6.76. The highest BCUT2D eigenvalue weighted by Gasteiger charge is 2.23. The van der Waals surface area contributed by atoms with E-state index < -0.39 is 0 Å². The van der Waals surface area contributed by atoms with E-state index in [1.807, 2.05) is 23.9 Å². The minimum Gasteiger partial charge on any atom is -0.492 e. The summed E-state index contributed by atoms with van der Waals surface area (Å²) >= 11 is 7.69. The van der Waals surface area contributed by atoms with Gasteiger partial charge in [-0.3, -0.25) is 0 Å². The number of rotatable bonds is 5. The number of para-hydroxylation sites is 1. The van der Waals surface area contributed by atoms with Crippen molar-refractivity contribution in [3.8, 4) is 17.0 Å². The van der Waals surface area contributed by atoms with E-state index in [0.29, 0.717) is 12.5 Å². The van der Waals surface area contributed by atoms with Crippen LogP contribution in [0.3, 0.4) is 0 Å². The van der Waals surface area contributed by atoms with Crippen molar-refractivity contribution >= 4 is 34.3 Å². The molecule has 2 heterocycles. The van der Waals surface area contributed by atoms with Gasteiger partial charge >= 0.3 is 0 Å². The predicted octanol–water partition coefficient (Wildman–Crippen LogP) is 6.62. The van der Waals surface area contributed by atoms with Crippen molar-refractivity contribution in [2.24, 2.45) is 0 Å². The molecule has 1 aliphatic rings. The highest BCUT2D eigenvalue weighted by molar-refractivity contribution is 7.99. The number of nitrogens with zero attached hydrogens (tertiary/aromatic N) is 1. The molecule has 0 spiro atoms. The average Bonchev–Trinajstić information content (AvgIpc) is 2.94. The van der Waals surface area contributed by atoms with Crippen molar-refractivity contribution < 1.29 is 4.74 Å². The summed E-state index contributed by atoms with van der Waals surface area (Å²) in [7, 11) is 0. The lowest BCUT2D eigenvalue weighted by Crippen LogP contribution is -2.03. The van der Waals surface area contributed by atoms with Crippen molar-refractivity contribution in [2.45, 2.75) is 17.9 Å². The number of aromatic nitrogens is 1. The van der Waals surface area contributed by atoms with Gasteiger partial charge in [0, 0.05) is 33.7 Å². The average molecular weight is 420 g/mol. The fourth-order valence-electron chi connectivity index (χ4n) is 4.18. The van der Waals surface area contributed by atoms with Crippen LogP contribution in [0.1, 0.15) is 11.1 Å². The maximum atomic E-state index is 5.72. The van der Waals surface area contributed by atoms with Gasteiger partial charge in [0.05, 0.1) is 11.6 Å². The van der Waals surface area contributed by atoms with Crippen LogP contribution in [-0.4, -0.2) is 22.8 Å². The minimum absolute atomic E-state index is 0.501. The first-order valence-corrected chi connectivity index (χ1v) is 11.5. The van der Waals surface area contributed by atoms with Gasteiger partial charge in [0.1, 0.15) is 12.4 Å². The Labute approximate surface area is 180 Å². The Bertz CT molecular complexity index is 1150. The molecule has 4 heteroatoms. The Balaban J connectivity index is 1.62. The molecule has 0 bridgehead atoms. The summed E-state index contributed by atoms with van der Waals surface area (Å²) < 4.78 is 8.12. The molecular formula is C25H22ClNOS. The Morgan fingerprint density at radius 1 is 0.931 bits per heavy atom. The third-order valence-corrected chi connectivity index (χ3v) is 6.67. The van der Waals surface area contributed by atoms with Crippen LogP contribution in [0.25, 0.3) is 22.2 Å². The largest absolute Gasteiger partial charge is 0.492 e. The highest BCUT2D eigenvalue weighted by Crippen LogP contribution is 2.42. The Morgan fingerprint density at radius 3 is 2.59 bits per heavy atom. The number of thioether (sulfide) groups is 1. The molecule has 4 aromatic rings. The Hall–Kier alpha value is -2.36. The van der Waals surface area contributed by atoms with Crippen LogP contribution in [0.5, 0.6) is 5.75 Å². The molecule has 0 radical (unpaired) electrons. The van der Waals surface area contributed by atoms with E-state index in [1.165, 1.54) is 38.2 Å². The topological polar surface area (TPSA) is 14.2 Å². The molecule has 0 amide bonds. The van der Waals surface area contributed by atoms with Gasteiger partial charge in [-0.2, -0.15) is 0 Å². The molecule has 1 aromatic heterocycles. The second-order valence-electron chi connectivity index (χ2n) is 7.21. The van der Waals surface area contributed by atoms with Crippen LogP contribution < -0.4 is 4.74 Å². The molecule has 0 N–H and O–H groups in total. The van der Waals surface area contributed by atoms with E-state index in [9.17, 15) is 0 Å². The molecule has 5 rings (SSSR count). The monoisotopic (exact) mass is 419 g/mol. The highest BCUT2D eigenvalue weighted by atomic mass is 35.5. The number of hydrogen-bond donors (Lipinski definition) is 0. The zero-order chi connectivity index (χ0) is 19.6. The summed E-state index contributed by atoms with van der Waals surface area (Å²) in [6.07, 6.45) is 1.09. The smallest absolute Gasteiger partial charge is 0.119 e. The molecule has 0 saturated carbocycles.